The monoisotopic (exact) mass is 457 g/mol. The molecule has 1 aliphatic heterocycles. The summed E-state index contributed by atoms with van der Waals surface area (Å²) in [5.41, 5.74) is 5.95. The average molecular weight is 458 g/mol. The van der Waals surface area contributed by atoms with E-state index in [2.05, 4.69) is 4.98 Å². The van der Waals surface area contributed by atoms with Crippen LogP contribution in [0, 0.1) is 11.6 Å². The first-order valence-electron chi connectivity index (χ1n) is 10.1. The van der Waals surface area contributed by atoms with Crippen LogP contribution in [0.3, 0.4) is 0 Å². The summed E-state index contributed by atoms with van der Waals surface area (Å²) in [7, 11) is 1.41. The minimum absolute atomic E-state index is 0.0211. The summed E-state index contributed by atoms with van der Waals surface area (Å²) in [4.78, 5) is 18.5. The first kappa shape index (κ1) is 21.9. The van der Waals surface area contributed by atoms with Gasteiger partial charge in [0.05, 0.1) is 23.2 Å². The summed E-state index contributed by atoms with van der Waals surface area (Å²) in [5, 5.41) is 0.446. The fourth-order valence-corrected chi connectivity index (χ4v) is 4.09. The van der Waals surface area contributed by atoms with Gasteiger partial charge in [-0.1, -0.05) is 12.2 Å². The third-order valence-corrected chi connectivity index (χ3v) is 5.82. The highest BCUT2D eigenvalue weighted by Gasteiger charge is 2.20. The number of ether oxygens (including phenoxy) is 2. The van der Waals surface area contributed by atoms with Crippen molar-refractivity contribution in [1.29, 1.82) is 0 Å². The topological polar surface area (TPSA) is 77.7 Å². The Morgan fingerprint density at radius 1 is 1.16 bits per heavy atom. The number of nitrogens with two attached hydrogens (primary N) is 1. The highest BCUT2D eigenvalue weighted by atomic mass is 32.1. The highest BCUT2D eigenvalue weighted by molar-refractivity contribution is 7.80. The molecule has 2 heterocycles. The Hall–Kier alpha value is -3.33. The smallest absolute Gasteiger partial charge is 0.252 e. The number of pyridine rings is 1. The largest absolute Gasteiger partial charge is 0.496 e. The van der Waals surface area contributed by atoms with Gasteiger partial charge >= 0.3 is 0 Å². The Kier molecular flexibility index (Phi) is 6.18. The van der Waals surface area contributed by atoms with Gasteiger partial charge in [0.2, 0.25) is 0 Å². The molecule has 0 unspecified atom stereocenters. The van der Waals surface area contributed by atoms with Crippen LogP contribution in [0.25, 0.3) is 10.9 Å². The number of primary amides is 1. The van der Waals surface area contributed by atoms with Gasteiger partial charge in [-0.3, -0.25) is 9.78 Å². The third kappa shape index (κ3) is 4.34. The lowest BCUT2D eigenvalue weighted by Crippen LogP contribution is -2.28. The van der Waals surface area contributed by atoms with Gasteiger partial charge in [-0.15, -0.1) is 0 Å². The number of amides is 1. The van der Waals surface area contributed by atoms with Crippen molar-refractivity contribution < 1.29 is 23.0 Å². The Labute approximate surface area is 188 Å². The first-order chi connectivity index (χ1) is 15.4. The lowest BCUT2D eigenvalue weighted by molar-refractivity contribution is 0.0997. The van der Waals surface area contributed by atoms with Crippen LogP contribution < -0.4 is 15.2 Å². The standard InChI is InChI=1S/C23H21F2N3O3S/c1-30-21-12-19-15(10-16(21)23(26)29)20(4-5-27-19)31-13-8-17(24)14(18(25)9-13)11-22(32)28-6-2-3-7-28/h4-5,8-10,12H,2-3,6-7,11H2,1H3,(H2,26,29). The van der Waals surface area contributed by atoms with Gasteiger partial charge in [-0.2, -0.15) is 0 Å². The summed E-state index contributed by atoms with van der Waals surface area (Å²) in [6.07, 6.45) is 3.56. The lowest BCUT2D eigenvalue weighted by atomic mass is 10.1. The van der Waals surface area contributed by atoms with E-state index in [4.69, 9.17) is 27.4 Å². The molecule has 1 aromatic heterocycles. The van der Waals surface area contributed by atoms with Gasteiger partial charge in [0.25, 0.3) is 5.91 Å². The summed E-state index contributed by atoms with van der Waals surface area (Å²) in [6, 6.07) is 6.80. The van der Waals surface area contributed by atoms with Crippen molar-refractivity contribution in [3.8, 4) is 17.2 Å². The Bertz CT molecular complexity index is 1190. The number of aromatic nitrogens is 1. The summed E-state index contributed by atoms with van der Waals surface area (Å²) in [6.45, 7) is 1.63. The predicted octanol–water partition coefficient (Wildman–Crippen LogP) is 4.38. The van der Waals surface area contributed by atoms with Crippen molar-refractivity contribution in [3.63, 3.8) is 0 Å². The van der Waals surface area contributed by atoms with E-state index in [9.17, 15) is 13.6 Å². The molecule has 0 atom stereocenters. The van der Waals surface area contributed by atoms with E-state index in [-0.39, 0.29) is 34.8 Å². The third-order valence-electron chi connectivity index (χ3n) is 5.42. The van der Waals surface area contributed by atoms with E-state index in [1.165, 1.54) is 25.4 Å². The van der Waals surface area contributed by atoms with E-state index in [1.54, 1.807) is 6.07 Å². The SMILES string of the molecule is COc1cc2nccc(Oc3cc(F)c(CC(=S)N4CCCC4)c(F)c3)c2cc1C(N)=O. The van der Waals surface area contributed by atoms with E-state index in [0.717, 1.165) is 38.1 Å². The van der Waals surface area contributed by atoms with Crippen LogP contribution in [0.5, 0.6) is 17.2 Å². The molecule has 1 aliphatic rings. The molecule has 0 radical (unpaired) electrons. The number of hydrogen-bond donors (Lipinski definition) is 1. The Morgan fingerprint density at radius 3 is 2.47 bits per heavy atom. The van der Waals surface area contributed by atoms with Gasteiger partial charge in [0, 0.05) is 54.9 Å². The van der Waals surface area contributed by atoms with Crippen molar-refractivity contribution >= 4 is 34.0 Å². The maximum atomic E-state index is 14.8. The second kappa shape index (κ2) is 9.04. The first-order valence-corrected chi connectivity index (χ1v) is 10.5. The molecule has 2 N–H and O–H groups in total. The van der Waals surface area contributed by atoms with Crippen LogP contribution in [0.1, 0.15) is 28.8 Å². The number of carbonyl (C=O) groups excluding carboxylic acids is 1. The zero-order valence-corrected chi connectivity index (χ0v) is 18.2. The molecule has 0 bridgehead atoms. The maximum absolute atomic E-state index is 14.8. The molecule has 4 rings (SSSR count). The zero-order valence-electron chi connectivity index (χ0n) is 17.4. The second-order valence-electron chi connectivity index (χ2n) is 7.48. The van der Waals surface area contributed by atoms with Crippen molar-refractivity contribution in [2.24, 2.45) is 5.73 Å². The summed E-state index contributed by atoms with van der Waals surface area (Å²) in [5.74, 6) is -1.66. The second-order valence-corrected chi connectivity index (χ2v) is 7.95. The van der Waals surface area contributed by atoms with Crippen LogP contribution >= 0.6 is 12.2 Å². The minimum Gasteiger partial charge on any atom is -0.496 e. The van der Waals surface area contributed by atoms with Crippen molar-refractivity contribution in [3.05, 3.63) is 59.3 Å². The quantitative estimate of drug-likeness (QED) is 0.554. The molecule has 6 nitrogen and oxygen atoms in total. The molecular weight excluding hydrogens is 436 g/mol. The molecule has 0 spiro atoms. The van der Waals surface area contributed by atoms with E-state index in [0.29, 0.717) is 15.9 Å². The van der Waals surface area contributed by atoms with Gasteiger partial charge in [0.15, 0.2) is 0 Å². The van der Waals surface area contributed by atoms with E-state index in [1.807, 2.05) is 4.90 Å². The number of halogens is 2. The number of rotatable bonds is 6. The highest BCUT2D eigenvalue weighted by Crippen LogP contribution is 2.34. The zero-order chi connectivity index (χ0) is 22.8. The van der Waals surface area contributed by atoms with E-state index < -0.39 is 17.5 Å². The molecule has 1 amide bonds. The average Bonchev–Trinajstić information content (AvgIpc) is 3.30. The predicted molar refractivity (Wildman–Crippen MR) is 120 cm³/mol. The number of nitrogens with zero attached hydrogens (tertiary/aromatic N) is 2. The van der Waals surface area contributed by atoms with Crippen LogP contribution in [0.4, 0.5) is 8.78 Å². The molecule has 3 aromatic rings. The summed E-state index contributed by atoms with van der Waals surface area (Å²) < 4.78 is 40.5. The summed E-state index contributed by atoms with van der Waals surface area (Å²) >= 11 is 5.37. The van der Waals surface area contributed by atoms with Gasteiger partial charge in [-0.05, 0) is 25.0 Å². The molecule has 1 fully saturated rings. The van der Waals surface area contributed by atoms with Crippen molar-refractivity contribution in [1.82, 2.24) is 9.88 Å². The molecule has 32 heavy (non-hydrogen) atoms. The molecular formula is C23H21F2N3O3S. The number of thiocarbonyl (C=S) groups is 1. The Balaban J connectivity index is 1.64. The maximum Gasteiger partial charge on any atom is 0.252 e. The number of methoxy groups -OCH3 is 1. The van der Waals surface area contributed by atoms with Crippen LogP contribution in [0.2, 0.25) is 0 Å². The fraction of sp³-hybridized carbons (Fsp3) is 0.261. The number of likely N-dealkylation sites (tertiary alicyclic amines) is 1. The number of fused-ring (bicyclic) bond motifs is 1. The molecule has 0 saturated carbocycles. The molecule has 166 valence electrons. The number of carbonyl (C=O) groups is 1. The number of hydrogen-bond acceptors (Lipinski definition) is 5. The van der Waals surface area contributed by atoms with Gasteiger partial charge in [0.1, 0.15) is 28.9 Å². The van der Waals surface area contributed by atoms with Gasteiger partial charge in [-0.25, -0.2) is 8.78 Å². The van der Waals surface area contributed by atoms with E-state index >= 15 is 0 Å². The lowest BCUT2D eigenvalue weighted by Gasteiger charge is -2.19. The fourth-order valence-electron chi connectivity index (χ4n) is 3.76. The van der Waals surface area contributed by atoms with Gasteiger partial charge < -0.3 is 20.1 Å². The Morgan fingerprint density at radius 2 is 1.84 bits per heavy atom. The molecule has 9 heteroatoms. The van der Waals surface area contributed by atoms with Crippen molar-refractivity contribution in [2.75, 3.05) is 20.2 Å². The molecule has 1 saturated heterocycles. The van der Waals surface area contributed by atoms with Crippen LogP contribution in [0.15, 0.2) is 36.5 Å². The van der Waals surface area contributed by atoms with Crippen LogP contribution in [-0.4, -0.2) is 41.0 Å². The normalized spacial score (nSPS) is 13.4. The van der Waals surface area contributed by atoms with Crippen molar-refractivity contribution in [2.45, 2.75) is 19.3 Å². The molecule has 0 aliphatic carbocycles. The minimum atomic E-state index is -0.737. The van der Waals surface area contributed by atoms with Crippen LogP contribution in [-0.2, 0) is 6.42 Å². The molecule has 2 aromatic carbocycles. The number of benzene rings is 2.